The Labute approximate surface area is 204 Å². The van der Waals surface area contributed by atoms with Gasteiger partial charge >= 0.3 is 0 Å². The highest BCUT2D eigenvalue weighted by molar-refractivity contribution is 9.10. The number of carbonyl (C=O) groups excluding carboxylic acids is 1. The Hall–Kier alpha value is -3.79. The van der Waals surface area contributed by atoms with Gasteiger partial charge in [-0.1, -0.05) is 18.2 Å². The molecular weight excluding hydrogens is 496 g/mol. The van der Waals surface area contributed by atoms with Crippen LogP contribution in [0, 0.1) is 13.8 Å². The Morgan fingerprint density at radius 1 is 1.09 bits per heavy atom. The van der Waals surface area contributed by atoms with Crippen LogP contribution < -0.4 is 5.32 Å². The predicted octanol–water partition coefficient (Wildman–Crippen LogP) is 4.11. The lowest BCUT2D eigenvalue weighted by Gasteiger charge is -2.06. The van der Waals surface area contributed by atoms with Crippen LogP contribution in [0.3, 0.4) is 0 Å². The lowest BCUT2D eigenvalue weighted by Crippen LogP contribution is -2.24. The number of benzene rings is 1. The Bertz CT molecular complexity index is 1500. The summed E-state index contributed by atoms with van der Waals surface area (Å²) in [6.45, 7) is 7.07. The molecule has 34 heavy (non-hydrogen) atoms. The minimum Gasteiger partial charge on any atom is -0.346 e. The predicted molar refractivity (Wildman–Crippen MR) is 132 cm³/mol. The molecule has 0 saturated carbocycles. The first-order valence-electron chi connectivity index (χ1n) is 10.9. The summed E-state index contributed by atoms with van der Waals surface area (Å²) in [6, 6.07) is 13.4. The average molecular weight is 519 g/mol. The van der Waals surface area contributed by atoms with Gasteiger partial charge in [-0.25, -0.2) is 14.2 Å². The minimum absolute atomic E-state index is 0.277. The third kappa shape index (κ3) is 3.90. The van der Waals surface area contributed by atoms with Crippen molar-refractivity contribution in [1.82, 2.24) is 39.5 Å². The van der Waals surface area contributed by atoms with Crippen LogP contribution in [0.1, 0.15) is 34.4 Å². The molecule has 0 saturated heterocycles. The Balaban J connectivity index is 1.40. The van der Waals surface area contributed by atoms with Crippen LogP contribution in [0.2, 0.25) is 0 Å². The number of aromatic nitrogens is 7. The number of fused-ring (bicyclic) bond motifs is 1. The number of aryl methyl sites for hydroxylation is 2. The van der Waals surface area contributed by atoms with E-state index in [1.165, 1.54) is 0 Å². The van der Waals surface area contributed by atoms with Crippen molar-refractivity contribution in [2.75, 3.05) is 0 Å². The van der Waals surface area contributed by atoms with Gasteiger partial charge in [-0.3, -0.25) is 9.48 Å². The van der Waals surface area contributed by atoms with Gasteiger partial charge in [-0.2, -0.15) is 15.3 Å². The van der Waals surface area contributed by atoms with Crippen LogP contribution in [0.5, 0.6) is 0 Å². The van der Waals surface area contributed by atoms with Crippen molar-refractivity contribution in [3.05, 3.63) is 82.0 Å². The second-order valence-electron chi connectivity index (χ2n) is 7.89. The standard InChI is InChI=1S/C24H23BrN8O/c1-4-31-14-19(25)23(30-31)21-10-11-26-22-12-20(29-33(21)22)24(34)27-13-18-15(2)28-32(16(18)3)17-8-6-5-7-9-17/h5-12,14H,4,13H2,1-3H3,(H,27,34). The van der Waals surface area contributed by atoms with Gasteiger partial charge in [0.2, 0.25) is 0 Å². The van der Waals surface area contributed by atoms with Crippen LogP contribution in [-0.2, 0) is 13.1 Å². The van der Waals surface area contributed by atoms with Gasteiger partial charge in [0.1, 0.15) is 5.69 Å². The van der Waals surface area contributed by atoms with Crippen molar-refractivity contribution < 1.29 is 4.79 Å². The molecule has 4 aromatic heterocycles. The molecule has 0 unspecified atom stereocenters. The highest BCUT2D eigenvalue weighted by Gasteiger charge is 2.19. The Morgan fingerprint density at radius 2 is 1.88 bits per heavy atom. The first kappa shape index (κ1) is 22.0. The van der Waals surface area contributed by atoms with Gasteiger partial charge in [0.25, 0.3) is 5.91 Å². The lowest BCUT2D eigenvalue weighted by molar-refractivity contribution is 0.0945. The molecule has 5 aromatic rings. The highest BCUT2D eigenvalue weighted by atomic mass is 79.9. The van der Waals surface area contributed by atoms with E-state index >= 15 is 0 Å². The van der Waals surface area contributed by atoms with Gasteiger partial charge in [0, 0.05) is 42.8 Å². The van der Waals surface area contributed by atoms with Crippen molar-refractivity contribution in [2.45, 2.75) is 33.9 Å². The first-order valence-corrected chi connectivity index (χ1v) is 11.7. The largest absolute Gasteiger partial charge is 0.346 e. The number of halogens is 1. The van der Waals surface area contributed by atoms with Crippen molar-refractivity contribution in [2.24, 2.45) is 0 Å². The zero-order valence-corrected chi connectivity index (χ0v) is 20.6. The van der Waals surface area contributed by atoms with E-state index in [2.05, 4.69) is 41.5 Å². The lowest BCUT2D eigenvalue weighted by atomic mass is 10.2. The molecule has 1 amide bonds. The zero-order chi connectivity index (χ0) is 23.8. The second-order valence-corrected chi connectivity index (χ2v) is 8.74. The molecule has 0 spiro atoms. The summed E-state index contributed by atoms with van der Waals surface area (Å²) in [4.78, 5) is 17.3. The molecule has 10 heteroatoms. The second kappa shape index (κ2) is 8.86. The van der Waals surface area contributed by atoms with Gasteiger partial charge in [-0.15, -0.1) is 0 Å². The molecule has 0 aliphatic rings. The van der Waals surface area contributed by atoms with E-state index < -0.39 is 0 Å². The van der Waals surface area contributed by atoms with Gasteiger partial charge in [-0.05, 0) is 54.9 Å². The normalized spacial score (nSPS) is 11.3. The van der Waals surface area contributed by atoms with Crippen molar-refractivity contribution in [3.63, 3.8) is 0 Å². The number of hydrogen-bond acceptors (Lipinski definition) is 5. The maximum absolute atomic E-state index is 13.0. The molecule has 0 radical (unpaired) electrons. The quantitative estimate of drug-likeness (QED) is 0.365. The van der Waals surface area contributed by atoms with Crippen molar-refractivity contribution in [3.8, 4) is 17.1 Å². The summed E-state index contributed by atoms with van der Waals surface area (Å²) in [5.41, 5.74) is 6.17. The summed E-state index contributed by atoms with van der Waals surface area (Å²) in [6.07, 6.45) is 3.61. The number of para-hydroxylation sites is 1. The van der Waals surface area contributed by atoms with Crippen LogP contribution in [0.4, 0.5) is 0 Å². The fourth-order valence-electron chi connectivity index (χ4n) is 3.93. The number of nitrogens with one attached hydrogen (secondary N) is 1. The molecule has 0 aliphatic carbocycles. The molecule has 1 N–H and O–H groups in total. The molecule has 172 valence electrons. The van der Waals surface area contributed by atoms with Crippen LogP contribution in [0.15, 0.2) is 59.3 Å². The molecule has 0 aliphatic heterocycles. The van der Waals surface area contributed by atoms with E-state index in [0.717, 1.165) is 45.0 Å². The third-order valence-corrected chi connectivity index (χ3v) is 6.32. The van der Waals surface area contributed by atoms with E-state index in [9.17, 15) is 4.79 Å². The topological polar surface area (TPSA) is 94.9 Å². The van der Waals surface area contributed by atoms with Crippen LogP contribution in [0.25, 0.3) is 22.7 Å². The van der Waals surface area contributed by atoms with Gasteiger partial charge in [0.15, 0.2) is 11.3 Å². The number of nitrogens with zero attached hydrogens (tertiary/aromatic N) is 7. The number of hydrogen-bond donors (Lipinski definition) is 1. The van der Waals surface area contributed by atoms with Crippen molar-refractivity contribution in [1.29, 1.82) is 0 Å². The Kier molecular flexibility index (Phi) is 5.74. The summed E-state index contributed by atoms with van der Waals surface area (Å²) >= 11 is 3.57. The monoisotopic (exact) mass is 518 g/mol. The summed E-state index contributed by atoms with van der Waals surface area (Å²) < 4.78 is 6.23. The van der Waals surface area contributed by atoms with E-state index in [0.29, 0.717) is 12.2 Å². The molecular formula is C24H23BrN8O. The maximum Gasteiger partial charge on any atom is 0.272 e. The minimum atomic E-state index is -0.277. The molecule has 1 aromatic carbocycles. The SMILES string of the molecule is CCn1cc(Br)c(-c2ccnc3cc(C(=O)NCc4c(C)nn(-c5ccccc5)c4C)nn23)n1. The van der Waals surface area contributed by atoms with Crippen molar-refractivity contribution >= 4 is 27.5 Å². The van der Waals surface area contributed by atoms with E-state index in [4.69, 9.17) is 0 Å². The Morgan fingerprint density at radius 3 is 2.62 bits per heavy atom. The molecule has 9 nitrogen and oxygen atoms in total. The van der Waals surface area contributed by atoms with Gasteiger partial charge < -0.3 is 5.32 Å². The van der Waals surface area contributed by atoms with E-state index in [1.54, 1.807) is 16.8 Å². The van der Waals surface area contributed by atoms with E-state index in [1.807, 2.05) is 72.7 Å². The van der Waals surface area contributed by atoms with Crippen LogP contribution >= 0.6 is 15.9 Å². The fraction of sp³-hybridized carbons (Fsp3) is 0.208. The number of amides is 1. The summed E-state index contributed by atoms with van der Waals surface area (Å²) in [7, 11) is 0. The fourth-order valence-corrected chi connectivity index (χ4v) is 4.45. The van der Waals surface area contributed by atoms with E-state index in [-0.39, 0.29) is 11.6 Å². The molecule has 4 heterocycles. The molecule has 0 bridgehead atoms. The molecule has 0 fully saturated rings. The summed E-state index contributed by atoms with van der Waals surface area (Å²) in [5, 5.41) is 16.8. The number of rotatable bonds is 6. The molecule has 5 rings (SSSR count). The highest BCUT2D eigenvalue weighted by Crippen LogP contribution is 2.27. The zero-order valence-electron chi connectivity index (χ0n) is 19.0. The van der Waals surface area contributed by atoms with Crippen LogP contribution in [-0.4, -0.2) is 40.1 Å². The average Bonchev–Trinajstić information content (AvgIpc) is 3.53. The smallest absolute Gasteiger partial charge is 0.272 e. The maximum atomic E-state index is 13.0. The third-order valence-electron chi connectivity index (χ3n) is 5.74. The molecule has 0 atom stereocenters. The first-order chi connectivity index (χ1) is 16.5. The number of carbonyl (C=O) groups is 1. The summed E-state index contributed by atoms with van der Waals surface area (Å²) in [5.74, 6) is -0.277. The van der Waals surface area contributed by atoms with Gasteiger partial charge in [0.05, 0.1) is 21.5 Å².